The molecule has 24 heavy (non-hydrogen) atoms. The van der Waals surface area contributed by atoms with Crippen molar-refractivity contribution in [3.05, 3.63) is 90.0 Å². The van der Waals surface area contributed by atoms with Gasteiger partial charge in [-0.15, -0.1) is 0 Å². The Labute approximate surface area is 150 Å². The van der Waals surface area contributed by atoms with E-state index < -0.39 is 0 Å². The minimum absolute atomic E-state index is 0. The van der Waals surface area contributed by atoms with Gasteiger partial charge in [-0.2, -0.15) is 0 Å². The van der Waals surface area contributed by atoms with Crippen LogP contribution in [0.15, 0.2) is 78.9 Å². The van der Waals surface area contributed by atoms with Crippen molar-refractivity contribution in [3.8, 4) is 11.1 Å². The third kappa shape index (κ3) is 2.64. The number of hydrogen-bond acceptors (Lipinski definition) is 0. The standard InChI is InChI=1S/C22H22N.ClH/c1-23(2)21-15-9-8-13-19(21)18-12-6-7-14-20(18)22(23)16-17-10-4-3-5-11-17;/h3-15,22H,16H2,1-2H3;1H/q+1;/p-1. The van der Waals surface area contributed by atoms with Gasteiger partial charge >= 0.3 is 0 Å². The van der Waals surface area contributed by atoms with Crippen molar-refractivity contribution in [2.45, 2.75) is 12.5 Å². The largest absolute Gasteiger partial charge is 1.00 e. The summed E-state index contributed by atoms with van der Waals surface area (Å²) in [7, 11) is 4.67. The zero-order valence-corrected chi connectivity index (χ0v) is 14.9. The Bertz CT molecular complexity index is 839. The summed E-state index contributed by atoms with van der Waals surface area (Å²) in [4.78, 5) is 0. The van der Waals surface area contributed by atoms with Gasteiger partial charge in [0.1, 0.15) is 11.7 Å². The van der Waals surface area contributed by atoms with E-state index in [1.54, 1.807) is 0 Å². The van der Waals surface area contributed by atoms with Crippen LogP contribution in [0.25, 0.3) is 11.1 Å². The molecule has 1 aliphatic rings. The van der Waals surface area contributed by atoms with Gasteiger partial charge in [-0.1, -0.05) is 66.7 Å². The molecule has 1 atom stereocenters. The monoisotopic (exact) mass is 335 g/mol. The maximum atomic E-state index is 2.34. The second kappa shape index (κ2) is 6.43. The van der Waals surface area contributed by atoms with Gasteiger partial charge in [0.25, 0.3) is 0 Å². The van der Waals surface area contributed by atoms with E-state index in [2.05, 4.69) is 93.0 Å². The van der Waals surface area contributed by atoms with Crippen LogP contribution in [0.5, 0.6) is 0 Å². The topological polar surface area (TPSA) is 0 Å². The number of benzene rings is 3. The fourth-order valence-electron chi connectivity index (χ4n) is 3.93. The molecule has 0 amide bonds. The number of hydrogen-bond donors (Lipinski definition) is 0. The summed E-state index contributed by atoms with van der Waals surface area (Å²) in [6.07, 6.45) is 1.05. The number of para-hydroxylation sites is 1. The van der Waals surface area contributed by atoms with E-state index in [0.29, 0.717) is 6.04 Å². The zero-order valence-electron chi connectivity index (χ0n) is 14.1. The van der Waals surface area contributed by atoms with E-state index in [4.69, 9.17) is 0 Å². The molecule has 0 spiro atoms. The molecule has 0 N–H and O–H groups in total. The summed E-state index contributed by atoms with van der Waals surface area (Å²) in [6.45, 7) is 0. The third-order valence-corrected chi connectivity index (χ3v) is 5.19. The van der Waals surface area contributed by atoms with Crippen molar-refractivity contribution in [2.75, 3.05) is 14.1 Å². The van der Waals surface area contributed by atoms with Gasteiger partial charge < -0.3 is 12.4 Å². The molecule has 3 aromatic carbocycles. The number of nitrogens with zero attached hydrogens (tertiary/aromatic N) is 1. The lowest BCUT2D eigenvalue weighted by atomic mass is 9.84. The van der Waals surface area contributed by atoms with Crippen molar-refractivity contribution >= 4 is 5.69 Å². The molecule has 122 valence electrons. The highest BCUT2D eigenvalue weighted by molar-refractivity contribution is 5.82. The van der Waals surface area contributed by atoms with Gasteiger partial charge in [-0.05, 0) is 23.3 Å². The van der Waals surface area contributed by atoms with Gasteiger partial charge in [0, 0.05) is 17.5 Å². The highest BCUT2D eigenvalue weighted by Gasteiger charge is 2.39. The molecule has 0 saturated heterocycles. The molecule has 4 rings (SSSR count). The Morgan fingerprint density at radius 2 is 1.29 bits per heavy atom. The molecule has 0 bridgehead atoms. The summed E-state index contributed by atoms with van der Waals surface area (Å²) in [6, 6.07) is 29.0. The first-order valence-electron chi connectivity index (χ1n) is 8.24. The first-order chi connectivity index (χ1) is 11.2. The lowest BCUT2D eigenvalue weighted by Crippen LogP contribution is -3.00. The number of halogens is 1. The Hall–Kier alpha value is -2.09. The quantitative estimate of drug-likeness (QED) is 0.630. The lowest BCUT2D eigenvalue weighted by molar-refractivity contribution is -0.00000463. The molecule has 0 fully saturated rings. The molecule has 0 aliphatic carbocycles. The van der Waals surface area contributed by atoms with Crippen molar-refractivity contribution in [1.29, 1.82) is 0 Å². The maximum Gasteiger partial charge on any atom is 0.140 e. The highest BCUT2D eigenvalue weighted by atomic mass is 35.5. The minimum atomic E-state index is 0. The summed E-state index contributed by atoms with van der Waals surface area (Å²) < 4.78 is 0.891. The number of likely N-dealkylation sites (N-methyl/N-ethyl adjacent to an activating group) is 1. The second-order valence-corrected chi connectivity index (χ2v) is 6.85. The highest BCUT2D eigenvalue weighted by Crippen LogP contribution is 2.48. The lowest BCUT2D eigenvalue weighted by Gasteiger charge is -2.43. The van der Waals surface area contributed by atoms with E-state index in [9.17, 15) is 0 Å². The average molecular weight is 336 g/mol. The van der Waals surface area contributed by atoms with E-state index in [-0.39, 0.29) is 12.4 Å². The van der Waals surface area contributed by atoms with Crippen molar-refractivity contribution in [2.24, 2.45) is 0 Å². The Balaban J connectivity index is 0.00000169. The van der Waals surface area contributed by atoms with Crippen molar-refractivity contribution < 1.29 is 12.4 Å². The fraction of sp³-hybridized carbons (Fsp3) is 0.182. The van der Waals surface area contributed by atoms with Crippen LogP contribution in [0.3, 0.4) is 0 Å². The molecule has 1 aliphatic heterocycles. The Morgan fingerprint density at radius 3 is 2.04 bits per heavy atom. The molecule has 0 saturated carbocycles. The van der Waals surface area contributed by atoms with Crippen LogP contribution in [0.2, 0.25) is 0 Å². The second-order valence-electron chi connectivity index (χ2n) is 6.85. The zero-order chi connectivity index (χ0) is 15.9. The van der Waals surface area contributed by atoms with Crippen LogP contribution < -0.4 is 16.9 Å². The molecular weight excluding hydrogens is 314 g/mol. The van der Waals surface area contributed by atoms with Crippen LogP contribution in [0, 0.1) is 0 Å². The third-order valence-electron chi connectivity index (χ3n) is 5.19. The smallest absolute Gasteiger partial charge is 0.140 e. The van der Waals surface area contributed by atoms with E-state index in [1.165, 1.54) is 27.9 Å². The summed E-state index contributed by atoms with van der Waals surface area (Å²) in [5, 5.41) is 0. The van der Waals surface area contributed by atoms with E-state index in [0.717, 1.165) is 10.9 Å². The predicted octanol–water partition coefficient (Wildman–Crippen LogP) is 2.22. The number of quaternary nitrogens is 1. The predicted molar refractivity (Wildman–Crippen MR) is 98.4 cm³/mol. The van der Waals surface area contributed by atoms with Crippen LogP contribution in [0.1, 0.15) is 17.2 Å². The van der Waals surface area contributed by atoms with Crippen molar-refractivity contribution in [1.82, 2.24) is 4.48 Å². The molecule has 2 heteroatoms. The fourth-order valence-corrected chi connectivity index (χ4v) is 3.93. The first kappa shape index (κ1) is 16.8. The molecule has 1 nitrogen and oxygen atoms in total. The summed E-state index contributed by atoms with van der Waals surface area (Å²) >= 11 is 0. The molecule has 1 unspecified atom stereocenters. The van der Waals surface area contributed by atoms with Gasteiger partial charge in [0.05, 0.1) is 14.1 Å². The normalized spacial score (nSPS) is 17.3. The Morgan fingerprint density at radius 1 is 0.708 bits per heavy atom. The van der Waals surface area contributed by atoms with Crippen molar-refractivity contribution in [3.63, 3.8) is 0 Å². The molecular formula is C22H22ClN. The molecule has 0 radical (unpaired) electrons. The van der Waals surface area contributed by atoms with Gasteiger partial charge in [-0.25, -0.2) is 0 Å². The van der Waals surface area contributed by atoms with Gasteiger partial charge in [0.2, 0.25) is 0 Å². The molecule has 0 aromatic heterocycles. The Kier molecular flexibility index (Phi) is 4.49. The minimum Gasteiger partial charge on any atom is -1.00 e. The summed E-state index contributed by atoms with van der Waals surface area (Å²) in [5.41, 5.74) is 7.03. The van der Waals surface area contributed by atoms with Crippen LogP contribution in [-0.2, 0) is 6.42 Å². The first-order valence-corrected chi connectivity index (χ1v) is 8.24. The number of rotatable bonds is 2. The molecule has 3 aromatic rings. The number of fused-ring (bicyclic) bond motifs is 3. The van der Waals surface area contributed by atoms with Gasteiger partial charge in [0.15, 0.2) is 0 Å². The summed E-state index contributed by atoms with van der Waals surface area (Å²) in [5.74, 6) is 0. The van der Waals surface area contributed by atoms with Crippen LogP contribution >= 0.6 is 0 Å². The van der Waals surface area contributed by atoms with Gasteiger partial charge in [-0.3, -0.25) is 4.48 Å². The molecule has 1 heterocycles. The average Bonchev–Trinajstić information content (AvgIpc) is 2.60. The SMILES string of the molecule is C[N+]1(C)c2ccccc2-c2ccccc2C1Cc1ccccc1.[Cl-]. The van der Waals surface area contributed by atoms with Crippen LogP contribution in [0.4, 0.5) is 5.69 Å². The van der Waals surface area contributed by atoms with Crippen LogP contribution in [-0.4, -0.2) is 14.1 Å². The maximum absolute atomic E-state index is 2.34. The van der Waals surface area contributed by atoms with E-state index >= 15 is 0 Å². The van der Waals surface area contributed by atoms with E-state index in [1.807, 2.05) is 0 Å².